The van der Waals surface area contributed by atoms with E-state index in [0.29, 0.717) is 24.1 Å². The second-order valence-corrected chi connectivity index (χ2v) is 8.45. The lowest BCUT2D eigenvalue weighted by Gasteiger charge is -2.31. The maximum absolute atomic E-state index is 12.1. The molecule has 2 N–H and O–H groups in total. The molecule has 0 amide bonds. The average molecular weight is 317 g/mol. The molecular formula is C15H31N3O2S. The molecule has 2 saturated heterocycles. The van der Waals surface area contributed by atoms with Crippen molar-refractivity contribution in [2.24, 2.45) is 11.8 Å². The van der Waals surface area contributed by atoms with Gasteiger partial charge in [0.15, 0.2) is 0 Å². The molecule has 2 aliphatic rings. The number of rotatable bonds is 7. The lowest BCUT2D eigenvalue weighted by molar-refractivity contribution is 0.193. The van der Waals surface area contributed by atoms with Crippen LogP contribution in [0.1, 0.15) is 39.0 Å². The van der Waals surface area contributed by atoms with E-state index < -0.39 is 10.0 Å². The first-order chi connectivity index (χ1) is 10.1. The maximum Gasteiger partial charge on any atom is 0.211 e. The van der Waals surface area contributed by atoms with Crippen molar-refractivity contribution in [3.8, 4) is 0 Å². The van der Waals surface area contributed by atoms with Gasteiger partial charge in [0.05, 0.1) is 5.75 Å². The monoisotopic (exact) mass is 317 g/mol. The van der Waals surface area contributed by atoms with Gasteiger partial charge in [0.1, 0.15) is 0 Å². The third-order valence-corrected chi connectivity index (χ3v) is 6.38. The second kappa shape index (κ2) is 8.46. The molecule has 6 heteroatoms. The van der Waals surface area contributed by atoms with Crippen molar-refractivity contribution in [1.29, 1.82) is 0 Å². The van der Waals surface area contributed by atoms with Gasteiger partial charge in [-0.1, -0.05) is 6.92 Å². The second-order valence-electron chi connectivity index (χ2n) is 6.53. The predicted molar refractivity (Wildman–Crippen MR) is 86.8 cm³/mol. The molecule has 0 aromatic heterocycles. The van der Waals surface area contributed by atoms with Gasteiger partial charge in [-0.25, -0.2) is 13.1 Å². The molecule has 0 saturated carbocycles. The zero-order chi connectivity index (χ0) is 15.1. The molecule has 0 aromatic carbocycles. The van der Waals surface area contributed by atoms with Crippen LogP contribution in [0.2, 0.25) is 0 Å². The summed E-state index contributed by atoms with van der Waals surface area (Å²) < 4.78 is 27.0. The van der Waals surface area contributed by atoms with Crippen LogP contribution in [0.15, 0.2) is 0 Å². The minimum atomic E-state index is -3.08. The fourth-order valence-corrected chi connectivity index (χ4v) is 4.59. The van der Waals surface area contributed by atoms with E-state index in [1.165, 1.54) is 0 Å². The van der Waals surface area contributed by atoms with Crippen LogP contribution in [-0.4, -0.2) is 58.3 Å². The van der Waals surface area contributed by atoms with Crippen LogP contribution in [0.3, 0.4) is 0 Å². The molecule has 0 unspecified atom stereocenters. The van der Waals surface area contributed by atoms with E-state index in [4.69, 9.17) is 0 Å². The predicted octanol–water partition coefficient (Wildman–Crippen LogP) is 1.03. The Kier molecular flexibility index (Phi) is 6.92. The Hall–Kier alpha value is -0.170. The van der Waals surface area contributed by atoms with Crippen molar-refractivity contribution < 1.29 is 8.42 Å². The van der Waals surface area contributed by atoms with Crippen LogP contribution < -0.4 is 10.0 Å². The Morgan fingerprint density at radius 2 is 1.76 bits per heavy atom. The summed E-state index contributed by atoms with van der Waals surface area (Å²) in [6.45, 7) is 8.21. The maximum atomic E-state index is 12.1. The van der Waals surface area contributed by atoms with Crippen molar-refractivity contribution in [3.63, 3.8) is 0 Å². The molecule has 0 radical (unpaired) electrons. The van der Waals surface area contributed by atoms with Gasteiger partial charge < -0.3 is 10.2 Å². The SMILES string of the molecule is CCN1CCC(CNS(=O)(=O)CCC2CCNCC2)CC1. The van der Waals surface area contributed by atoms with Gasteiger partial charge >= 0.3 is 0 Å². The molecule has 5 nitrogen and oxygen atoms in total. The van der Waals surface area contributed by atoms with Crippen LogP contribution in [0.4, 0.5) is 0 Å². The summed E-state index contributed by atoms with van der Waals surface area (Å²) in [5, 5.41) is 3.32. The van der Waals surface area contributed by atoms with Gasteiger partial charge in [0.25, 0.3) is 0 Å². The topological polar surface area (TPSA) is 61.4 Å². The van der Waals surface area contributed by atoms with Gasteiger partial charge in [0.2, 0.25) is 10.0 Å². The van der Waals surface area contributed by atoms with Crippen LogP contribution >= 0.6 is 0 Å². The van der Waals surface area contributed by atoms with Gasteiger partial charge in [0, 0.05) is 6.54 Å². The molecule has 0 aromatic rings. The Morgan fingerprint density at radius 1 is 1.10 bits per heavy atom. The van der Waals surface area contributed by atoms with Crippen molar-refractivity contribution in [2.75, 3.05) is 45.0 Å². The van der Waals surface area contributed by atoms with E-state index in [9.17, 15) is 8.42 Å². The molecule has 2 fully saturated rings. The number of piperidine rings is 2. The third kappa shape index (κ3) is 6.22. The Balaban J connectivity index is 1.64. The van der Waals surface area contributed by atoms with Gasteiger partial charge in [-0.2, -0.15) is 0 Å². The summed E-state index contributed by atoms with van der Waals surface area (Å²) in [6.07, 6.45) is 5.27. The fraction of sp³-hybridized carbons (Fsp3) is 1.00. The Labute approximate surface area is 129 Å². The smallest absolute Gasteiger partial charge is 0.211 e. The average Bonchev–Trinajstić information content (AvgIpc) is 2.53. The number of hydrogen-bond donors (Lipinski definition) is 2. The lowest BCUT2D eigenvalue weighted by atomic mass is 9.96. The fourth-order valence-electron chi connectivity index (χ4n) is 3.32. The summed E-state index contributed by atoms with van der Waals surface area (Å²) >= 11 is 0. The quantitative estimate of drug-likeness (QED) is 0.736. The molecule has 0 atom stereocenters. The third-order valence-electron chi connectivity index (χ3n) is 5.00. The highest BCUT2D eigenvalue weighted by Gasteiger charge is 2.21. The first-order valence-electron chi connectivity index (χ1n) is 8.49. The zero-order valence-electron chi connectivity index (χ0n) is 13.3. The highest BCUT2D eigenvalue weighted by atomic mass is 32.2. The van der Waals surface area contributed by atoms with Gasteiger partial charge in [-0.15, -0.1) is 0 Å². The van der Waals surface area contributed by atoms with E-state index in [1.54, 1.807) is 0 Å². The van der Waals surface area contributed by atoms with Gasteiger partial charge in [-0.3, -0.25) is 0 Å². The van der Waals surface area contributed by atoms with E-state index in [0.717, 1.165) is 64.8 Å². The molecule has 0 bridgehead atoms. The normalized spacial score (nSPS) is 23.5. The van der Waals surface area contributed by atoms with Crippen molar-refractivity contribution in [1.82, 2.24) is 14.9 Å². The first-order valence-corrected chi connectivity index (χ1v) is 10.1. The zero-order valence-corrected chi connectivity index (χ0v) is 14.1. The number of nitrogens with zero attached hydrogens (tertiary/aromatic N) is 1. The van der Waals surface area contributed by atoms with Crippen molar-refractivity contribution in [2.45, 2.75) is 39.0 Å². The lowest BCUT2D eigenvalue weighted by Crippen LogP contribution is -2.39. The van der Waals surface area contributed by atoms with Crippen molar-refractivity contribution in [3.05, 3.63) is 0 Å². The summed E-state index contributed by atoms with van der Waals surface area (Å²) in [7, 11) is -3.08. The molecule has 2 heterocycles. The molecule has 21 heavy (non-hydrogen) atoms. The molecule has 0 aliphatic carbocycles. The molecule has 0 spiro atoms. The molecular weight excluding hydrogens is 286 g/mol. The van der Waals surface area contributed by atoms with Crippen LogP contribution in [0.5, 0.6) is 0 Å². The first kappa shape index (κ1) is 17.2. The molecule has 2 rings (SSSR count). The number of sulfonamides is 1. The summed E-state index contributed by atoms with van der Waals surface area (Å²) in [6, 6.07) is 0. The Bertz CT molecular complexity index is 386. The van der Waals surface area contributed by atoms with E-state index in [-0.39, 0.29) is 0 Å². The molecule has 2 aliphatic heterocycles. The van der Waals surface area contributed by atoms with Gasteiger partial charge in [-0.05, 0) is 76.7 Å². The van der Waals surface area contributed by atoms with Crippen LogP contribution in [0.25, 0.3) is 0 Å². The summed E-state index contributed by atoms with van der Waals surface area (Å²) in [5.41, 5.74) is 0. The number of likely N-dealkylation sites (tertiary alicyclic amines) is 1. The van der Waals surface area contributed by atoms with E-state index in [1.807, 2.05) is 0 Å². The van der Waals surface area contributed by atoms with E-state index >= 15 is 0 Å². The minimum Gasteiger partial charge on any atom is -0.317 e. The number of hydrogen-bond acceptors (Lipinski definition) is 4. The van der Waals surface area contributed by atoms with E-state index in [2.05, 4.69) is 21.9 Å². The standard InChI is InChI=1S/C15H31N3O2S/c1-2-18-10-5-15(6-11-18)13-17-21(19,20)12-7-14-3-8-16-9-4-14/h14-17H,2-13H2,1H3. The summed E-state index contributed by atoms with van der Waals surface area (Å²) in [4.78, 5) is 2.43. The van der Waals surface area contributed by atoms with Crippen LogP contribution in [0, 0.1) is 11.8 Å². The Morgan fingerprint density at radius 3 is 2.38 bits per heavy atom. The minimum absolute atomic E-state index is 0.297. The van der Waals surface area contributed by atoms with Crippen molar-refractivity contribution >= 4 is 10.0 Å². The number of nitrogens with one attached hydrogen (secondary N) is 2. The van der Waals surface area contributed by atoms with Crippen LogP contribution in [-0.2, 0) is 10.0 Å². The highest BCUT2D eigenvalue weighted by Crippen LogP contribution is 2.18. The highest BCUT2D eigenvalue weighted by molar-refractivity contribution is 7.89. The largest absolute Gasteiger partial charge is 0.317 e. The molecule has 124 valence electrons. The summed E-state index contributed by atoms with van der Waals surface area (Å²) in [5.74, 6) is 1.39.